The second kappa shape index (κ2) is 5.89. The van der Waals surface area contributed by atoms with E-state index in [0.717, 1.165) is 16.5 Å². The van der Waals surface area contributed by atoms with Gasteiger partial charge in [-0.15, -0.1) is 0 Å². The van der Waals surface area contributed by atoms with Gasteiger partial charge in [0.1, 0.15) is 11.6 Å². The number of nitrogens with zero attached hydrogens (tertiary/aromatic N) is 1. The minimum absolute atomic E-state index is 0.235. The molecule has 0 bridgehead atoms. The molecule has 0 aliphatic rings. The second-order valence-corrected chi connectivity index (χ2v) is 7.36. The van der Waals surface area contributed by atoms with Crippen LogP contribution in [0.1, 0.15) is 5.56 Å². The molecular formula is C17H16N2O3S. The monoisotopic (exact) mass is 328 g/mol. The minimum atomic E-state index is -3.22. The van der Waals surface area contributed by atoms with Gasteiger partial charge in [0.25, 0.3) is 0 Å². The van der Waals surface area contributed by atoms with Crippen molar-refractivity contribution >= 4 is 26.6 Å². The van der Waals surface area contributed by atoms with Gasteiger partial charge in [-0.25, -0.2) is 13.4 Å². The van der Waals surface area contributed by atoms with Crippen molar-refractivity contribution in [3.63, 3.8) is 0 Å². The van der Waals surface area contributed by atoms with Gasteiger partial charge in [0.2, 0.25) is 0 Å². The Labute approximate surface area is 134 Å². The Hall–Kier alpha value is -2.60. The van der Waals surface area contributed by atoms with E-state index in [1.165, 1.54) is 6.26 Å². The molecule has 0 unspecified atom stereocenters. The Kier molecular flexibility index (Phi) is 3.92. The van der Waals surface area contributed by atoms with Crippen molar-refractivity contribution < 1.29 is 13.5 Å². The van der Waals surface area contributed by atoms with E-state index in [1.807, 2.05) is 24.3 Å². The number of rotatable bonds is 4. The number of pyridine rings is 1. The number of aromatic nitrogens is 1. The van der Waals surface area contributed by atoms with Crippen LogP contribution in [0.5, 0.6) is 5.75 Å². The van der Waals surface area contributed by atoms with E-state index in [2.05, 4.69) is 10.3 Å². The molecule has 0 fully saturated rings. The van der Waals surface area contributed by atoms with Gasteiger partial charge in [-0.05, 0) is 48.0 Å². The molecule has 2 N–H and O–H groups in total. The molecule has 2 aromatic carbocycles. The number of anilines is 1. The first-order valence-electron chi connectivity index (χ1n) is 7.04. The fraction of sp³-hybridized carbons (Fsp3) is 0.118. The van der Waals surface area contributed by atoms with Gasteiger partial charge in [-0.1, -0.05) is 12.1 Å². The molecule has 0 radical (unpaired) electrons. The zero-order chi connectivity index (χ0) is 16.4. The summed E-state index contributed by atoms with van der Waals surface area (Å²) in [6.45, 7) is 0.584. The lowest BCUT2D eigenvalue weighted by molar-refractivity contribution is 0.475. The summed E-state index contributed by atoms with van der Waals surface area (Å²) in [6.07, 6.45) is 1.19. The molecular weight excluding hydrogens is 312 g/mol. The molecule has 1 heterocycles. The van der Waals surface area contributed by atoms with E-state index >= 15 is 0 Å². The van der Waals surface area contributed by atoms with Gasteiger partial charge in [0, 0.05) is 18.2 Å². The average Bonchev–Trinajstić information content (AvgIpc) is 2.53. The summed E-state index contributed by atoms with van der Waals surface area (Å²) in [6, 6.07) is 15.5. The molecule has 0 spiro atoms. The van der Waals surface area contributed by atoms with Crippen molar-refractivity contribution in [1.29, 1.82) is 0 Å². The van der Waals surface area contributed by atoms with E-state index in [-0.39, 0.29) is 10.6 Å². The van der Waals surface area contributed by atoms with Crippen molar-refractivity contribution in [2.24, 2.45) is 0 Å². The summed E-state index contributed by atoms with van der Waals surface area (Å²) < 4.78 is 23.2. The highest BCUT2D eigenvalue weighted by Gasteiger charge is 2.08. The number of benzene rings is 2. The van der Waals surface area contributed by atoms with Crippen LogP contribution in [-0.4, -0.2) is 24.8 Å². The summed E-state index contributed by atoms with van der Waals surface area (Å²) >= 11 is 0. The van der Waals surface area contributed by atoms with E-state index in [0.29, 0.717) is 12.4 Å². The molecule has 6 heteroatoms. The SMILES string of the molecule is CS(=O)(=O)c1ccc2nc(NCc3ccc(O)cc3)ccc2c1. The molecule has 3 aromatic rings. The molecule has 5 nitrogen and oxygen atoms in total. The predicted octanol–water partition coefficient (Wildman–Crippen LogP) is 2.96. The van der Waals surface area contributed by atoms with E-state index in [1.54, 1.807) is 30.3 Å². The number of sulfone groups is 1. The zero-order valence-electron chi connectivity index (χ0n) is 12.5. The molecule has 0 saturated carbocycles. The fourth-order valence-electron chi connectivity index (χ4n) is 2.24. The van der Waals surface area contributed by atoms with Gasteiger partial charge < -0.3 is 10.4 Å². The molecule has 1 aromatic heterocycles. The van der Waals surface area contributed by atoms with Crippen LogP contribution < -0.4 is 5.32 Å². The minimum Gasteiger partial charge on any atom is -0.508 e. The third-order valence-corrected chi connectivity index (χ3v) is 4.61. The van der Waals surface area contributed by atoms with Crippen molar-refractivity contribution in [2.75, 3.05) is 11.6 Å². The third kappa shape index (κ3) is 3.60. The topological polar surface area (TPSA) is 79.3 Å². The highest BCUT2D eigenvalue weighted by atomic mass is 32.2. The van der Waals surface area contributed by atoms with Gasteiger partial charge in [0.15, 0.2) is 9.84 Å². The summed E-state index contributed by atoms with van der Waals surface area (Å²) in [4.78, 5) is 4.76. The average molecular weight is 328 g/mol. The second-order valence-electron chi connectivity index (χ2n) is 5.34. The maximum absolute atomic E-state index is 11.6. The van der Waals surface area contributed by atoms with Gasteiger partial charge in [-0.3, -0.25) is 0 Å². The van der Waals surface area contributed by atoms with Crippen molar-refractivity contribution in [3.05, 3.63) is 60.2 Å². The Morgan fingerprint density at radius 2 is 1.78 bits per heavy atom. The molecule has 23 heavy (non-hydrogen) atoms. The smallest absolute Gasteiger partial charge is 0.175 e. The Bertz CT molecular complexity index is 951. The quantitative estimate of drug-likeness (QED) is 0.770. The lowest BCUT2D eigenvalue weighted by Gasteiger charge is -2.08. The van der Waals surface area contributed by atoms with Crippen LogP contribution in [0.3, 0.4) is 0 Å². The third-order valence-electron chi connectivity index (χ3n) is 3.50. The van der Waals surface area contributed by atoms with Crippen LogP contribution in [0.25, 0.3) is 10.9 Å². The lowest BCUT2D eigenvalue weighted by atomic mass is 10.2. The molecule has 3 rings (SSSR count). The Morgan fingerprint density at radius 1 is 1.04 bits per heavy atom. The molecule has 0 aliphatic heterocycles. The molecule has 118 valence electrons. The number of fused-ring (bicyclic) bond motifs is 1. The van der Waals surface area contributed by atoms with Crippen molar-refractivity contribution in [2.45, 2.75) is 11.4 Å². The maximum Gasteiger partial charge on any atom is 0.175 e. The largest absolute Gasteiger partial charge is 0.508 e. The van der Waals surface area contributed by atoms with Crippen LogP contribution >= 0.6 is 0 Å². The molecule has 0 amide bonds. The van der Waals surface area contributed by atoms with Crippen molar-refractivity contribution in [3.8, 4) is 5.75 Å². The number of hydrogen-bond donors (Lipinski definition) is 2. The van der Waals surface area contributed by atoms with Crippen LogP contribution in [0.2, 0.25) is 0 Å². The van der Waals surface area contributed by atoms with Gasteiger partial charge in [-0.2, -0.15) is 0 Å². The number of phenols is 1. The number of phenolic OH excluding ortho intramolecular Hbond substituents is 1. The first kappa shape index (κ1) is 15.3. The summed E-state index contributed by atoms with van der Waals surface area (Å²) in [7, 11) is -3.22. The summed E-state index contributed by atoms with van der Waals surface area (Å²) in [5, 5.41) is 13.3. The number of nitrogens with one attached hydrogen (secondary N) is 1. The summed E-state index contributed by atoms with van der Waals surface area (Å²) in [5.74, 6) is 0.942. The first-order valence-corrected chi connectivity index (χ1v) is 8.94. The lowest BCUT2D eigenvalue weighted by Crippen LogP contribution is -2.01. The highest BCUT2D eigenvalue weighted by molar-refractivity contribution is 7.90. The van der Waals surface area contributed by atoms with E-state index < -0.39 is 9.84 Å². The number of aromatic hydroxyl groups is 1. The fourth-order valence-corrected chi connectivity index (χ4v) is 2.90. The standard InChI is InChI=1S/C17H16N2O3S/c1-23(21,22)15-7-8-16-13(10-15)4-9-17(19-16)18-11-12-2-5-14(20)6-3-12/h2-10,20H,11H2,1H3,(H,18,19). The number of hydrogen-bond acceptors (Lipinski definition) is 5. The first-order chi connectivity index (χ1) is 10.9. The zero-order valence-corrected chi connectivity index (χ0v) is 13.3. The van der Waals surface area contributed by atoms with Gasteiger partial charge in [0.05, 0.1) is 10.4 Å². The molecule has 0 saturated heterocycles. The molecule has 0 aliphatic carbocycles. The normalized spacial score (nSPS) is 11.5. The van der Waals surface area contributed by atoms with E-state index in [9.17, 15) is 13.5 Å². The van der Waals surface area contributed by atoms with Crippen LogP contribution in [-0.2, 0) is 16.4 Å². The van der Waals surface area contributed by atoms with Crippen LogP contribution in [0.15, 0.2) is 59.5 Å². The Balaban J connectivity index is 1.81. The van der Waals surface area contributed by atoms with E-state index in [4.69, 9.17) is 0 Å². The predicted molar refractivity (Wildman–Crippen MR) is 90.3 cm³/mol. The maximum atomic E-state index is 11.6. The van der Waals surface area contributed by atoms with Crippen molar-refractivity contribution in [1.82, 2.24) is 4.98 Å². The summed E-state index contributed by atoms with van der Waals surface area (Å²) in [5.41, 5.74) is 1.75. The Morgan fingerprint density at radius 3 is 2.48 bits per heavy atom. The van der Waals surface area contributed by atoms with Gasteiger partial charge >= 0.3 is 0 Å². The van der Waals surface area contributed by atoms with Crippen LogP contribution in [0, 0.1) is 0 Å². The molecule has 0 atom stereocenters. The highest BCUT2D eigenvalue weighted by Crippen LogP contribution is 2.20. The van der Waals surface area contributed by atoms with Crippen LogP contribution in [0.4, 0.5) is 5.82 Å².